The van der Waals surface area contributed by atoms with Crippen LogP contribution in [0.3, 0.4) is 0 Å². The van der Waals surface area contributed by atoms with Gasteiger partial charge in [-0.25, -0.2) is 0 Å². The van der Waals surface area contributed by atoms with Gasteiger partial charge in [-0.2, -0.15) is 4.98 Å². The molecule has 0 aliphatic carbocycles. The minimum Gasteiger partial charge on any atom is -0.508 e. The predicted octanol–water partition coefficient (Wildman–Crippen LogP) is 2.81. The zero-order chi connectivity index (χ0) is 13.2. The Kier molecular flexibility index (Phi) is 2.72. The Balaban J connectivity index is 1.97. The maximum atomic E-state index is 9.43. The van der Waals surface area contributed by atoms with Crippen molar-refractivity contribution in [2.45, 2.75) is 6.92 Å². The fourth-order valence-electron chi connectivity index (χ4n) is 1.70. The molecule has 0 saturated heterocycles. The van der Waals surface area contributed by atoms with E-state index in [2.05, 4.69) is 15.1 Å². The summed E-state index contributed by atoms with van der Waals surface area (Å²) in [6, 6.07) is 10.5. The summed E-state index contributed by atoms with van der Waals surface area (Å²) in [7, 11) is 0. The fraction of sp³-hybridized carbons (Fsp3) is 0.0714. The zero-order valence-electron chi connectivity index (χ0n) is 10.2. The van der Waals surface area contributed by atoms with Crippen molar-refractivity contribution in [1.29, 1.82) is 0 Å². The average molecular weight is 253 g/mol. The lowest BCUT2D eigenvalue weighted by Gasteiger charge is -1.95. The number of phenolic OH excluding ortho intramolecular Hbond substituents is 1. The van der Waals surface area contributed by atoms with Crippen LogP contribution >= 0.6 is 0 Å². The first-order chi connectivity index (χ1) is 9.22. The molecule has 1 N–H and O–H groups in total. The third-order valence-corrected chi connectivity index (χ3v) is 2.69. The Morgan fingerprint density at radius 1 is 1.11 bits per heavy atom. The summed E-state index contributed by atoms with van der Waals surface area (Å²) >= 11 is 0. The molecule has 0 unspecified atom stereocenters. The van der Waals surface area contributed by atoms with Gasteiger partial charge in [0.1, 0.15) is 5.75 Å². The predicted molar refractivity (Wildman–Crippen MR) is 69.4 cm³/mol. The second kappa shape index (κ2) is 4.53. The van der Waals surface area contributed by atoms with Crippen molar-refractivity contribution < 1.29 is 9.63 Å². The normalized spacial score (nSPS) is 10.6. The lowest BCUT2D eigenvalue weighted by molar-refractivity contribution is 0.431. The van der Waals surface area contributed by atoms with E-state index in [1.54, 1.807) is 30.5 Å². The summed E-state index contributed by atoms with van der Waals surface area (Å²) in [6.07, 6.45) is 1.70. The molecular formula is C14H11N3O2. The van der Waals surface area contributed by atoms with Gasteiger partial charge >= 0.3 is 0 Å². The summed E-state index contributed by atoms with van der Waals surface area (Å²) < 4.78 is 5.19. The smallest absolute Gasteiger partial charge is 0.258 e. The number of nitrogens with zero attached hydrogens (tertiary/aromatic N) is 3. The van der Waals surface area contributed by atoms with Gasteiger partial charge in [-0.1, -0.05) is 11.2 Å². The van der Waals surface area contributed by atoms with E-state index in [0.717, 1.165) is 11.3 Å². The first kappa shape index (κ1) is 11.4. The van der Waals surface area contributed by atoms with Crippen LogP contribution in [0, 0.1) is 6.92 Å². The van der Waals surface area contributed by atoms with Crippen LogP contribution in [0.1, 0.15) is 5.69 Å². The highest BCUT2D eigenvalue weighted by Crippen LogP contribution is 2.24. The molecule has 0 spiro atoms. The second-order valence-corrected chi connectivity index (χ2v) is 4.16. The van der Waals surface area contributed by atoms with Crippen LogP contribution in [-0.4, -0.2) is 20.2 Å². The third kappa shape index (κ3) is 2.30. The molecule has 0 fully saturated rings. The molecule has 0 aliphatic heterocycles. The van der Waals surface area contributed by atoms with Gasteiger partial charge in [-0.05, 0) is 37.3 Å². The van der Waals surface area contributed by atoms with Crippen molar-refractivity contribution in [2.24, 2.45) is 0 Å². The van der Waals surface area contributed by atoms with E-state index in [1.165, 1.54) is 0 Å². The van der Waals surface area contributed by atoms with Gasteiger partial charge in [0.25, 0.3) is 5.89 Å². The van der Waals surface area contributed by atoms with Crippen LogP contribution in [0.4, 0.5) is 0 Å². The molecule has 0 radical (unpaired) electrons. The Bertz CT molecular complexity index is 705. The van der Waals surface area contributed by atoms with Crippen molar-refractivity contribution in [3.63, 3.8) is 0 Å². The van der Waals surface area contributed by atoms with Gasteiger partial charge in [0.15, 0.2) is 0 Å². The molecule has 2 aromatic heterocycles. The summed E-state index contributed by atoms with van der Waals surface area (Å²) in [5, 5.41) is 13.3. The molecule has 0 aliphatic rings. The van der Waals surface area contributed by atoms with Crippen LogP contribution < -0.4 is 0 Å². The standard InChI is InChI=1S/C14H11N3O2/c1-9-5-6-11(8-15-9)13-16-14(19-17-13)10-3-2-4-12(18)7-10/h2-8,18H,1H3. The van der Waals surface area contributed by atoms with Gasteiger partial charge in [0.05, 0.1) is 0 Å². The van der Waals surface area contributed by atoms with Gasteiger partial charge in [0, 0.05) is 23.0 Å². The van der Waals surface area contributed by atoms with Gasteiger partial charge in [-0.3, -0.25) is 4.98 Å². The highest BCUT2D eigenvalue weighted by atomic mass is 16.5. The number of benzene rings is 1. The van der Waals surface area contributed by atoms with E-state index in [4.69, 9.17) is 4.52 Å². The van der Waals surface area contributed by atoms with Crippen LogP contribution in [-0.2, 0) is 0 Å². The molecular weight excluding hydrogens is 242 g/mol. The second-order valence-electron chi connectivity index (χ2n) is 4.16. The molecule has 0 saturated carbocycles. The molecule has 0 amide bonds. The largest absolute Gasteiger partial charge is 0.508 e. The quantitative estimate of drug-likeness (QED) is 0.760. The Hall–Kier alpha value is -2.69. The highest BCUT2D eigenvalue weighted by Gasteiger charge is 2.11. The number of aromatic nitrogens is 3. The first-order valence-corrected chi connectivity index (χ1v) is 5.78. The summed E-state index contributed by atoms with van der Waals surface area (Å²) in [4.78, 5) is 8.48. The van der Waals surface area contributed by atoms with Gasteiger partial charge in [0.2, 0.25) is 5.82 Å². The van der Waals surface area contributed by atoms with E-state index in [1.807, 2.05) is 19.1 Å². The molecule has 94 valence electrons. The lowest BCUT2D eigenvalue weighted by Crippen LogP contribution is -1.84. The minimum atomic E-state index is 0.161. The molecule has 0 bridgehead atoms. The number of aromatic hydroxyl groups is 1. The number of hydrogen-bond acceptors (Lipinski definition) is 5. The van der Waals surface area contributed by atoms with E-state index in [-0.39, 0.29) is 5.75 Å². The molecule has 5 nitrogen and oxygen atoms in total. The number of phenols is 1. The minimum absolute atomic E-state index is 0.161. The molecule has 2 heterocycles. The monoisotopic (exact) mass is 253 g/mol. The van der Waals surface area contributed by atoms with Crippen LogP contribution in [0.15, 0.2) is 47.1 Å². The summed E-state index contributed by atoms with van der Waals surface area (Å²) in [5.74, 6) is 1.01. The molecule has 0 atom stereocenters. The molecule has 3 rings (SSSR count). The third-order valence-electron chi connectivity index (χ3n) is 2.69. The van der Waals surface area contributed by atoms with Crippen molar-refractivity contribution in [3.05, 3.63) is 48.3 Å². The van der Waals surface area contributed by atoms with Gasteiger partial charge < -0.3 is 9.63 Å². The van der Waals surface area contributed by atoms with E-state index in [0.29, 0.717) is 17.3 Å². The van der Waals surface area contributed by atoms with Crippen LogP contribution in [0.5, 0.6) is 5.75 Å². The van der Waals surface area contributed by atoms with E-state index in [9.17, 15) is 5.11 Å². The number of aryl methyl sites for hydroxylation is 1. The van der Waals surface area contributed by atoms with E-state index >= 15 is 0 Å². The number of pyridine rings is 1. The molecule has 1 aromatic carbocycles. The highest BCUT2D eigenvalue weighted by molar-refractivity contribution is 5.60. The van der Waals surface area contributed by atoms with Crippen LogP contribution in [0.25, 0.3) is 22.8 Å². The fourth-order valence-corrected chi connectivity index (χ4v) is 1.70. The number of rotatable bonds is 2. The summed E-state index contributed by atoms with van der Waals surface area (Å²) in [6.45, 7) is 1.91. The summed E-state index contributed by atoms with van der Waals surface area (Å²) in [5.41, 5.74) is 2.40. The topological polar surface area (TPSA) is 72.0 Å². The zero-order valence-corrected chi connectivity index (χ0v) is 10.2. The van der Waals surface area contributed by atoms with Gasteiger partial charge in [-0.15, -0.1) is 0 Å². The molecule has 5 heteroatoms. The van der Waals surface area contributed by atoms with E-state index < -0.39 is 0 Å². The maximum absolute atomic E-state index is 9.43. The first-order valence-electron chi connectivity index (χ1n) is 5.78. The van der Waals surface area contributed by atoms with Crippen molar-refractivity contribution in [3.8, 4) is 28.6 Å². The number of hydrogen-bond donors (Lipinski definition) is 1. The lowest BCUT2D eigenvalue weighted by atomic mass is 10.2. The Morgan fingerprint density at radius 2 is 2.00 bits per heavy atom. The van der Waals surface area contributed by atoms with Crippen molar-refractivity contribution in [1.82, 2.24) is 15.1 Å². The Labute approximate surface area is 109 Å². The average Bonchev–Trinajstić information content (AvgIpc) is 2.89. The SMILES string of the molecule is Cc1ccc(-c2noc(-c3cccc(O)c3)n2)cn1. The van der Waals surface area contributed by atoms with Crippen LogP contribution in [0.2, 0.25) is 0 Å². The molecule has 19 heavy (non-hydrogen) atoms. The maximum Gasteiger partial charge on any atom is 0.258 e. The molecule has 3 aromatic rings. The van der Waals surface area contributed by atoms with Crippen molar-refractivity contribution in [2.75, 3.05) is 0 Å². The van der Waals surface area contributed by atoms with Crippen molar-refractivity contribution >= 4 is 0 Å². The Morgan fingerprint density at radius 3 is 2.74 bits per heavy atom.